The molecule has 1 aliphatic rings. The summed E-state index contributed by atoms with van der Waals surface area (Å²) in [5.41, 5.74) is 6.82. The second-order valence-corrected chi connectivity index (χ2v) is 8.52. The van der Waals surface area contributed by atoms with Crippen molar-refractivity contribution in [2.75, 3.05) is 17.6 Å². The van der Waals surface area contributed by atoms with E-state index in [0.717, 1.165) is 0 Å². The Bertz CT molecular complexity index is 1330. The Hall–Kier alpha value is -3.65. The lowest BCUT2D eigenvalue weighted by molar-refractivity contribution is 0.0980. The first-order valence-corrected chi connectivity index (χ1v) is 10.5. The molecule has 4 rings (SSSR count). The van der Waals surface area contributed by atoms with Crippen LogP contribution in [0.3, 0.4) is 0 Å². The average Bonchev–Trinajstić information content (AvgIpc) is 2.73. The number of aryl methyl sites for hydroxylation is 1. The van der Waals surface area contributed by atoms with E-state index in [0.29, 0.717) is 5.56 Å². The molecule has 3 aromatic carbocycles. The van der Waals surface area contributed by atoms with Gasteiger partial charge in [0, 0.05) is 17.2 Å². The molecule has 0 bridgehead atoms. The number of benzene rings is 3. The Kier molecular flexibility index (Phi) is 4.58. The molecular formula is C22H18N2O5S. The molecule has 0 aromatic heterocycles. The van der Waals surface area contributed by atoms with Crippen molar-refractivity contribution in [2.24, 2.45) is 0 Å². The first-order chi connectivity index (χ1) is 14.3. The van der Waals surface area contributed by atoms with Crippen LogP contribution in [0, 0.1) is 6.92 Å². The van der Waals surface area contributed by atoms with Crippen LogP contribution in [-0.2, 0) is 10.0 Å². The van der Waals surface area contributed by atoms with Crippen molar-refractivity contribution in [1.29, 1.82) is 0 Å². The van der Waals surface area contributed by atoms with Gasteiger partial charge < -0.3 is 10.5 Å². The Balaban J connectivity index is 1.96. The molecule has 30 heavy (non-hydrogen) atoms. The van der Waals surface area contributed by atoms with Gasteiger partial charge in [0.05, 0.1) is 34.5 Å². The molecule has 3 aromatic rings. The molecular weight excluding hydrogens is 404 g/mol. The maximum Gasteiger partial charge on any atom is 0.262 e. The summed E-state index contributed by atoms with van der Waals surface area (Å²) in [6.45, 7) is 1.67. The number of hydrogen-bond acceptors (Lipinski definition) is 6. The van der Waals surface area contributed by atoms with Gasteiger partial charge in [-0.2, -0.15) is 0 Å². The summed E-state index contributed by atoms with van der Waals surface area (Å²) in [5.74, 6) is -0.859. The van der Waals surface area contributed by atoms with Crippen LogP contribution in [0.1, 0.15) is 37.4 Å². The standard InChI is InChI=1S/C22H18N2O5S/c1-12-7-3-6-10-17(12)30(27,28)24-15-11-16(29-2)20(23)19-18(15)21(25)13-8-4-5-9-14(13)22(19)26/h3-11,24H,23H2,1-2H3. The number of nitrogen functional groups attached to an aromatic ring is 1. The van der Waals surface area contributed by atoms with Crippen molar-refractivity contribution in [1.82, 2.24) is 0 Å². The van der Waals surface area contributed by atoms with Crippen LogP contribution in [-0.4, -0.2) is 27.1 Å². The summed E-state index contributed by atoms with van der Waals surface area (Å²) < 4.78 is 33.8. The molecule has 0 heterocycles. The Morgan fingerprint density at radius 1 is 0.900 bits per heavy atom. The van der Waals surface area contributed by atoms with Crippen molar-refractivity contribution in [3.05, 3.63) is 82.4 Å². The summed E-state index contributed by atoms with van der Waals surface area (Å²) in [6, 6.07) is 14.1. The van der Waals surface area contributed by atoms with E-state index in [4.69, 9.17) is 10.5 Å². The van der Waals surface area contributed by atoms with Gasteiger partial charge in [-0.15, -0.1) is 0 Å². The third kappa shape index (κ3) is 2.93. The van der Waals surface area contributed by atoms with Gasteiger partial charge in [0.1, 0.15) is 5.75 Å². The SMILES string of the molecule is COc1cc(NS(=O)(=O)c2ccccc2C)c2c(c1N)C(=O)c1ccccc1C2=O. The first-order valence-electron chi connectivity index (χ1n) is 9.03. The molecule has 0 saturated carbocycles. The lowest BCUT2D eigenvalue weighted by Crippen LogP contribution is -2.25. The number of carbonyl (C=O) groups excluding carboxylic acids is 2. The molecule has 8 heteroatoms. The van der Waals surface area contributed by atoms with Gasteiger partial charge in [-0.25, -0.2) is 8.42 Å². The number of methoxy groups -OCH3 is 1. The summed E-state index contributed by atoms with van der Waals surface area (Å²) in [5, 5.41) is 0. The predicted molar refractivity (Wildman–Crippen MR) is 113 cm³/mol. The number of rotatable bonds is 4. The number of sulfonamides is 1. The number of carbonyl (C=O) groups is 2. The van der Waals surface area contributed by atoms with Crippen molar-refractivity contribution >= 4 is 33.0 Å². The normalized spacial score (nSPS) is 12.9. The Morgan fingerprint density at radius 3 is 2.07 bits per heavy atom. The minimum absolute atomic E-state index is 0.0146. The number of anilines is 2. The van der Waals surface area contributed by atoms with E-state index in [1.807, 2.05) is 0 Å². The zero-order valence-electron chi connectivity index (χ0n) is 16.2. The second-order valence-electron chi connectivity index (χ2n) is 6.86. The number of ketones is 2. The van der Waals surface area contributed by atoms with Crippen molar-refractivity contribution in [2.45, 2.75) is 11.8 Å². The van der Waals surface area contributed by atoms with Crippen LogP contribution in [0.4, 0.5) is 11.4 Å². The minimum Gasteiger partial charge on any atom is -0.494 e. The van der Waals surface area contributed by atoms with Crippen LogP contribution >= 0.6 is 0 Å². The van der Waals surface area contributed by atoms with Crippen molar-refractivity contribution in [3.8, 4) is 5.75 Å². The molecule has 152 valence electrons. The topological polar surface area (TPSA) is 116 Å². The zero-order valence-corrected chi connectivity index (χ0v) is 17.0. The largest absolute Gasteiger partial charge is 0.494 e. The quantitative estimate of drug-likeness (QED) is 0.488. The smallest absolute Gasteiger partial charge is 0.262 e. The van der Waals surface area contributed by atoms with Gasteiger partial charge in [-0.3, -0.25) is 14.3 Å². The van der Waals surface area contributed by atoms with Gasteiger partial charge >= 0.3 is 0 Å². The van der Waals surface area contributed by atoms with Gasteiger partial charge in [0.2, 0.25) is 0 Å². The third-order valence-corrected chi connectivity index (χ3v) is 6.57. The first kappa shape index (κ1) is 19.7. The van der Waals surface area contributed by atoms with Crippen LogP contribution < -0.4 is 15.2 Å². The van der Waals surface area contributed by atoms with E-state index in [9.17, 15) is 18.0 Å². The molecule has 0 atom stereocenters. The van der Waals surface area contributed by atoms with E-state index in [2.05, 4.69) is 4.72 Å². The monoisotopic (exact) mass is 422 g/mol. The third-order valence-electron chi connectivity index (χ3n) is 5.05. The number of fused-ring (bicyclic) bond motifs is 2. The van der Waals surface area contributed by atoms with E-state index >= 15 is 0 Å². The summed E-state index contributed by atoms with van der Waals surface area (Å²) in [7, 11) is -2.70. The van der Waals surface area contributed by atoms with Gasteiger partial charge in [-0.1, -0.05) is 42.5 Å². The van der Waals surface area contributed by atoms with E-state index in [-0.39, 0.29) is 44.3 Å². The Morgan fingerprint density at radius 2 is 1.47 bits per heavy atom. The molecule has 0 radical (unpaired) electrons. The Labute approximate surface area is 173 Å². The van der Waals surface area contributed by atoms with Crippen LogP contribution in [0.5, 0.6) is 5.75 Å². The summed E-state index contributed by atoms with van der Waals surface area (Å²) >= 11 is 0. The van der Waals surface area contributed by atoms with Crippen LogP contribution in [0.2, 0.25) is 0 Å². The highest BCUT2D eigenvalue weighted by molar-refractivity contribution is 7.92. The molecule has 7 nitrogen and oxygen atoms in total. The fourth-order valence-electron chi connectivity index (χ4n) is 3.60. The highest BCUT2D eigenvalue weighted by atomic mass is 32.2. The van der Waals surface area contributed by atoms with E-state index < -0.39 is 21.6 Å². The molecule has 0 saturated heterocycles. The number of nitrogens with two attached hydrogens (primary N) is 1. The van der Waals surface area contributed by atoms with Crippen LogP contribution in [0.15, 0.2) is 59.5 Å². The number of nitrogens with one attached hydrogen (secondary N) is 1. The minimum atomic E-state index is -4.04. The lowest BCUT2D eigenvalue weighted by Gasteiger charge is -2.23. The van der Waals surface area contributed by atoms with E-state index in [1.54, 1.807) is 37.3 Å². The lowest BCUT2D eigenvalue weighted by atomic mass is 9.82. The van der Waals surface area contributed by atoms with Gasteiger partial charge in [0.25, 0.3) is 10.0 Å². The average molecular weight is 422 g/mol. The van der Waals surface area contributed by atoms with Gasteiger partial charge in [0.15, 0.2) is 11.6 Å². The molecule has 3 N–H and O–H groups in total. The number of hydrogen-bond donors (Lipinski definition) is 2. The number of ether oxygens (including phenoxy) is 1. The molecule has 0 fully saturated rings. The maximum atomic E-state index is 13.2. The predicted octanol–water partition coefficient (Wildman–Crippen LogP) is 3.16. The second kappa shape index (κ2) is 7.00. The van der Waals surface area contributed by atoms with Crippen molar-refractivity contribution in [3.63, 3.8) is 0 Å². The highest BCUT2D eigenvalue weighted by Gasteiger charge is 2.36. The summed E-state index contributed by atoms with van der Waals surface area (Å²) in [4.78, 5) is 26.4. The summed E-state index contributed by atoms with van der Waals surface area (Å²) in [6.07, 6.45) is 0. The van der Waals surface area contributed by atoms with Crippen LogP contribution in [0.25, 0.3) is 0 Å². The maximum absolute atomic E-state index is 13.2. The zero-order chi connectivity index (χ0) is 21.6. The fourth-order valence-corrected chi connectivity index (χ4v) is 4.91. The molecule has 0 amide bonds. The molecule has 0 spiro atoms. The van der Waals surface area contributed by atoms with E-state index in [1.165, 1.54) is 31.4 Å². The molecule has 1 aliphatic carbocycles. The van der Waals surface area contributed by atoms with Gasteiger partial charge in [-0.05, 0) is 18.6 Å². The van der Waals surface area contributed by atoms with Crippen molar-refractivity contribution < 1.29 is 22.7 Å². The molecule has 0 unspecified atom stereocenters. The molecule has 0 aliphatic heterocycles. The highest BCUT2D eigenvalue weighted by Crippen LogP contribution is 2.41. The fraction of sp³-hybridized carbons (Fsp3) is 0.0909.